The molecule has 1 aromatic rings. The van der Waals surface area contributed by atoms with Crippen molar-refractivity contribution in [2.24, 2.45) is 11.3 Å². The third-order valence-corrected chi connectivity index (χ3v) is 5.75. The van der Waals surface area contributed by atoms with Gasteiger partial charge in [-0.25, -0.2) is 4.79 Å². The van der Waals surface area contributed by atoms with Crippen LogP contribution in [0.2, 0.25) is 0 Å². The summed E-state index contributed by atoms with van der Waals surface area (Å²) in [5.74, 6) is -0.586. The number of carbonyl (C=O) groups excluding carboxylic acids is 3. The van der Waals surface area contributed by atoms with Crippen molar-refractivity contribution in [3.8, 4) is 0 Å². The van der Waals surface area contributed by atoms with E-state index < -0.39 is 17.5 Å². The van der Waals surface area contributed by atoms with Gasteiger partial charge in [0.1, 0.15) is 18.7 Å². The second-order valence-electron chi connectivity index (χ2n) is 8.55. The quantitative estimate of drug-likeness (QED) is 0.577. The maximum absolute atomic E-state index is 13.0. The Bertz CT molecular complexity index is 762. The van der Waals surface area contributed by atoms with Crippen LogP contribution in [0, 0.1) is 11.3 Å². The molecule has 6 nitrogen and oxygen atoms in total. The number of amides is 3. The fourth-order valence-corrected chi connectivity index (χ4v) is 4.83. The molecule has 1 heterocycles. The third kappa shape index (κ3) is 4.34. The number of benzene rings is 1. The van der Waals surface area contributed by atoms with Crippen LogP contribution in [0.1, 0.15) is 45.6 Å². The largest absolute Gasteiger partial charge is 0.459 e. The van der Waals surface area contributed by atoms with Gasteiger partial charge in [0.2, 0.25) is 0 Å². The second-order valence-corrected chi connectivity index (χ2v) is 9.46. The Morgan fingerprint density at radius 2 is 1.93 bits per heavy atom. The van der Waals surface area contributed by atoms with Crippen molar-refractivity contribution in [3.63, 3.8) is 0 Å². The zero-order valence-corrected chi connectivity index (χ0v) is 17.5. The summed E-state index contributed by atoms with van der Waals surface area (Å²) in [6.45, 7) is 6.05. The molecule has 1 saturated heterocycles. The lowest BCUT2D eigenvalue weighted by Crippen LogP contribution is -2.54. The molecule has 146 valence electrons. The Balaban J connectivity index is 1.63. The van der Waals surface area contributed by atoms with Crippen LogP contribution < -0.4 is 5.32 Å². The van der Waals surface area contributed by atoms with E-state index >= 15 is 0 Å². The van der Waals surface area contributed by atoms with E-state index in [2.05, 4.69) is 42.0 Å². The van der Waals surface area contributed by atoms with E-state index in [0.29, 0.717) is 18.8 Å². The number of rotatable bonds is 4. The molecule has 1 saturated carbocycles. The minimum atomic E-state index is -0.899. The first-order valence-corrected chi connectivity index (χ1v) is 9.94. The number of esters is 1. The van der Waals surface area contributed by atoms with Gasteiger partial charge >= 0.3 is 12.0 Å². The van der Waals surface area contributed by atoms with Crippen molar-refractivity contribution in [2.75, 3.05) is 6.54 Å². The van der Waals surface area contributed by atoms with Crippen LogP contribution in [0.3, 0.4) is 0 Å². The maximum Gasteiger partial charge on any atom is 0.326 e. The molecule has 7 heteroatoms. The summed E-state index contributed by atoms with van der Waals surface area (Å²) in [6.07, 6.45) is 2.19. The van der Waals surface area contributed by atoms with Crippen LogP contribution in [-0.4, -0.2) is 34.9 Å². The van der Waals surface area contributed by atoms with E-state index in [4.69, 9.17) is 4.74 Å². The van der Waals surface area contributed by atoms with Gasteiger partial charge < -0.3 is 10.1 Å². The molecule has 3 amide bonds. The lowest BCUT2D eigenvalue weighted by Gasteiger charge is -2.43. The standard InChI is InChI=1S/C20H25BrN2O4/c1-13-8-19(2,3)12-20(9-13)17(25)23(18(26)22-20)10-16(24)27-11-14-4-6-15(21)7-5-14/h4-7,13H,8-12H2,1-3H3,(H,22,26)/t13-,20-/m1/s1. The lowest BCUT2D eigenvalue weighted by atomic mass is 9.64. The fourth-order valence-electron chi connectivity index (χ4n) is 4.57. The highest BCUT2D eigenvalue weighted by Gasteiger charge is 2.56. The smallest absolute Gasteiger partial charge is 0.326 e. The SMILES string of the molecule is C[C@@H]1CC(C)(C)C[C@@]2(C1)NC(=O)N(CC(=O)OCc1ccc(Br)cc1)C2=O. The first-order valence-electron chi connectivity index (χ1n) is 9.14. The zero-order chi connectivity index (χ0) is 19.8. The van der Waals surface area contributed by atoms with E-state index in [-0.39, 0.29) is 24.5 Å². The highest BCUT2D eigenvalue weighted by molar-refractivity contribution is 9.10. The second kappa shape index (κ2) is 7.26. The first-order chi connectivity index (χ1) is 12.6. The van der Waals surface area contributed by atoms with Crippen molar-refractivity contribution in [1.29, 1.82) is 0 Å². The van der Waals surface area contributed by atoms with Crippen LogP contribution >= 0.6 is 15.9 Å². The fraction of sp³-hybridized carbons (Fsp3) is 0.550. The Labute approximate surface area is 167 Å². The molecule has 1 aliphatic heterocycles. The maximum atomic E-state index is 13.0. The first kappa shape index (κ1) is 19.9. The topological polar surface area (TPSA) is 75.7 Å². The molecule has 1 spiro atoms. The van der Waals surface area contributed by atoms with Crippen molar-refractivity contribution in [1.82, 2.24) is 10.2 Å². The summed E-state index contributed by atoms with van der Waals surface area (Å²) in [5.41, 5.74) is -0.105. The number of ether oxygens (including phenoxy) is 1. The molecule has 2 fully saturated rings. The minimum Gasteiger partial charge on any atom is -0.459 e. The van der Waals surface area contributed by atoms with Gasteiger partial charge in [0.15, 0.2) is 0 Å². The number of hydrogen-bond donors (Lipinski definition) is 1. The molecule has 2 atom stereocenters. The lowest BCUT2D eigenvalue weighted by molar-refractivity contribution is -0.149. The number of nitrogens with one attached hydrogen (secondary N) is 1. The summed E-state index contributed by atoms with van der Waals surface area (Å²) < 4.78 is 6.17. The Kier molecular flexibility index (Phi) is 5.34. The summed E-state index contributed by atoms with van der Waals surface area (Å²) >= 11 is 3.35. The van der Waals surface area contributed by atoms with Crippen LogP contribution in [0.4, 0.5) is 4.79 Å². The number of nitrogens with zero attached hydrogens (tertiary/aromatic N) is 1. The number of halogens is 1. The number of hydrogen-bond acceptors (Lipinski definition) is 4. The molecular weight excluding hydrogens is 412 g/mol. The van der Waals surface area contributed by atoms with E-state index in [1.165, 1.54) is 0 Å². The van der Waals surface area contributed by atoms with E-state index in [9.17, 15) is 14.4 Å². The molecule has 2 aliphatic rings. The molecule has 0 bridgehead atoms. The van der Waals surface area contributed by atoms with Crippen molar-refractivity contribution >= 4 is 33.8 Å². The summed E-state index contributed by atoms with van der Waals surface area (Å²) in [4.78, 5) is 38.6. The van der Waals surface area contributed by atoms with Gasteiger partial charge in [-0.3, -0.25) is 14.5 Å². The predicted molar refractivity (Wildman–Crippen MR) is 104 cm³/mol. The van der Waals surface area contributed by atoms with E-state index in [1.54, 1.807) is 0 Å². The monoisotopic (exact) mass is 436 g/mol. The van der Waals surface area contributed by atoms with Gasteiger partial charge in [0, 0.05) is 4.47 Å². The van der Waals surface area contributed by atoms with Crippen LogP contribution in [0.15, 0.2) is 28.7 Å². The molecule has 0 aromatic heterocycles. The van der Waals surface area contributed by atoms with Crippen molar-refractivity contribution in [2.45, 2.75) is 52.2 Å². The van der Waals surface area contributed by atoms with E-state index in [0.717, 1.165) is 21.4 Å². The summed E-state index contributed by atoms with van der Waals surface area (Å²) in [5, 5.41) is 2.86. The van der Waals surface area contributed by atoms with Crippen LogP contribution in [0.25, 0.3) is 0 Å². The number of urea groups is 1. The molecule has 1 aliphatic carbocycles. The highest BCUT2D eigenvalue weighted by atomic mass is 79.9. The van der Waals surface area contributed by atoms with Gasteiger partial charge in [0.25, 0.3) is 5.91 Å². The molecule has 0 radical (unpaired) electrons. The average molecular weight is 437 g/mol. The molecule has 0 unspecified atom stereocenters. The number of carbonyl (C=O) groups is 3. The zero-order valence-electron chi connectivity index (χ0n) is 15.9. The van der Waals surface area contributed by atoms with E-state index in [1.807, 2.05) is 24.3 Å². The normalized spacial score (nSPS) is 27.0. The van der Waals surface area contributed by atoms with Gasteiger partial charge in [-0.15, -0.1) is 0 Å². The minimum absolute atomic E-state index is 0.0429. The highest BCUT2D eigenvalue weighted by Crippen LogP contribution is 2.46. The predicted octanol–water partition coefficient (Wildman–Crippen LogP) is 3.63. The molecule has 3 rings (SSSR count). The van der Waals surface area contributed by atoms with Crippen molar-refractivity contribution in [3.05, 3.63) is 34.3 Å². The summed E-state index contributed by atoms with van der Waals surface area (Å²) in [6, 6.07) is 6.88. The number of imide groups is 1. The van der Waals surface area contributed by atoms with Crippen LogP contribution in [-0.2, 0) is 20.9 Å². The molecule has 1 N–H and O–H groups in total. The summed E-state index contributed by atoms with van der Waals surface area (Å²) in [7, 11) is 0. The average Bonchev–Trinajstić information content (AvgIpc) is 2.76. The van der Waals surface area contributed by atoms with Crippen molar-refractivity contribution < 1.29 is 19.1 Å². The van der Waals surface area contributed by atoms with Gasteiger partial charge in [-0.05, 0) is 48.3 Å². The Hall–Kier alpha value is -1.89. The van der Waals surface area contributed by atoms with Crippen LogP contribution in [0.5, 0.6) is 0 Å². The molecular formula is C20H25BrN2O4. The van der Waals surface area contributed by atoms with Gasteiger partial charge in [-0.2, -0.15) is 0 Å². The van der Waals surface area contributed by atoms with Gasteiger partial charge in [0.05, 0.1) is 0 Å². The third-order valence-electron chi connectivity index (χ3n) is 5.22. The van der Waals surface area contributed by atoms with Gasteiger partial charge in [-0.1, -0.05) is 48.8 Å². The Morgan fingerprint density at radius 1 is 1.26 bits per heavy atom. The Morgan fingerprint density at radius 3 is 2.56 bits per heavy atom. The molecule has 1 aromatic carbocycles. The molecule has 27 heavy (non-hydrogen) atoms.